The first-order valence-electron chi connectivity index (χ1n) is 3.46. The van der Waals surface area contributed by atoms with Crippen LogP contribution in [-0.4, -0.2) is 29.3 Å². The van der Waals surface area contributed by atoms with Gasteiger partial charge in [0.15, 0.2) is 0 Å². The summed E-state index contributed by atoms with van der Waals surface area (Å²) >= 11 is 0. The monoisotopic (exact) mass is 161 g/mol. The fourth-order valence-corrected chi connectivity index (χ4v) is 0.452. The normalized spacial score (nSPS) is 14.3. The van der Waals surface area contributed by atoms with Crippen molar-refractivity contribution in [2.24, 2.45) is 5.73 Å². The predicted octanol–water partition coefficient (Wildman–Crippen LogP) is -0.352. The van der Waals surface area contributed by atoms with Gasteiger partial charge in [0.2, 0.25) is 0 Å². The summed E-state index contributed by atoms with van der Waals surface area (Å²) in [6, 6.07) is -0.922. The molecule has 0 aromatic rings. The zero-order chi connectivity index (χ0) is 9.07. The van der Waals surface area contributed by atoms with E-state index in [9.17, 15) is 4.79 Å². The largest absolute Gasteiger partial charge is 0.459 e. The van der Waals surface area contributed by atoms with E-state index in [2.05, 4.69) is 0 Å². The van der Waals surface area contributed by atoms with E-state index in [-0.39, 0.29) is 6.61 Å². The summed E-state index contributed by atoms with van der Waals surface area (Å²) in [5.74, 6) is -0.569. The molecule has 0 radical (unpaired) electrons. The molecular weight excluding hydrogens is 146 g/mol. The van der Waals surface area contributed by atoms with Crippen LogP contribution in [0.1, 0.15) is 20.8 Å². The molecule has 0 spiro atoms. The van der Waals surface area contributed by atoms with Crippen LogP contribution in [0.25, 0.3) is 0 Å². The number of nitrogens with two attached hydrogens (primary N) is 1. The second kappa shape index (κ2) is 3.69. The van der Waals surface area contributed by atoms with E-state index in [1.807, 2.05) is 0 Å². The van der Waals surface area contributed by atoms with E-state index < -0.39 is 17.6 Å². The van der Waals surface area contributed by atoms with Gasteiger partial charge in [0, 0.05) is 0 Å². The van der Waals surface area contributed by atoms with Crippen LogP contribution in [0.5, 0.6) is 0 Å². The Balaban J connectivity index is 3.88. The zero-order valence-electron chi connectivity index (χ0n) is 7.13. The molecule has 0 aromatic carbocycles. The lowest BCUT2D eigenvalue weighted by atomic mass is 10.2. The van der Waals surface area contributed by atoms with Crippen LogP contribution in [0.4, 0.5) is 0 Å². The number of hydrogen-bond donors (Lipinski definition) is 2. The molecule has 0 aliphatic rings. The van der Waals surface area contributed by atoms with Crippen molar-refractivity contribution in [1.82, 2.24) is 0 Å². The second-order valence-electron chi connectivity index (χ2n) is 3.32. The van der Waals surface area contributed by atoms with Gasteiger partial charge < -0.3 is 15.6 Å². The Labute approximate surface area is 66.3 Å². The topological polar surface area (TPSA) is 72.5 Å². The van der Waals surface area contributed by atoms with E-state index in [1.54, 1.807) is 20.8 Å². The highest BCUT2D eigenvalue weighted by atomic mass is 16.6. The lowest BCUT2D eigenvalue weighted by Gasteiger charge is -2.21. The first-order chi connectivity index (χ1) is 4.87. The minimum atomic E-state index is -0.922. The van der Waals surface area contributed by atoms with E-state index in [0.717, 1.165) is 0 Å². The van der Waals surface area contributed by atoms with Crippen molar-refractivity contribution in [3.05, 3.63) is 0 Å². The molecule has 0 aliphatic carbocycles. The molecule has 11 heavy (non-hydrogen) atoms. The fourth-order valence-electron chi connectivity index (χ4n) is 0.452. The Morgan fingerprint density at radius 1 is 1.64 bits per heavy atom. The van der Waals surface area contributed by atoms with Gasteiger partial charge in [-0.15, -0.1) is 0 Å². The second-order valence-corrected chi connectivity index (χ2v) is 3.32. The Hall–Kier alpha value is -0.610. The van der Waals surface area contributed by atoms with Crippen molar-refractivity contribution in [2.75, 3.05) is 6.61 Å². The maximum absolute atomic E-state index is 10.9. The van der Waals surface area contributed by atoms with Crippen LogP contribution in [0, 0.1) is 0 Å². The van der Waals surface area contributed by atoms with Gasteiger partial charge in [-0.05, 0) is 20.8 Å². The number of carbonyl (C=O) groups is 1. The van der Waals surface area contributed by atoms with Crippen molar-refractivity contribution in [3.8, 4) is 0 Å². The molecule has 0 saturated carbocycles. The third-order valence-corrected chi connectivity index (χ3v) is 0.906. The predicted molar refractivity (Wildman–Crippen MR) is 40.9 cm³/mol. The molecule has 0 aromatic heterocycles. The van der Waals surface area contributed by atoms with Crippen molar-refractivity contribution in [3.63, 3.8) is 0 Å². The number of carbonyl (C=O) groups excluding carboxylic acids is 1. The highest BCUT2D eigenvalue weighted by molar-refractivity contribution is 5.75. The van der Waals surface area contributed by atoms with E-state index in [0.29, 0.717) is 0 Å². The number of aliphatic hydroxyl groups excluding tert-OH is 1. The Morgan fingerprint density at radius 2 is 2.09 bits per heavy atom. The minimum absolute atomic E-state index is 0.380. The van der Waals surface area contributed by atoms with Crippen LogP contribution in [0.3, 0.4) is 0 Å². The number of aliphatic hydroxyl groups is 1. The highest BCUT2D eigenvalue weighted by Crippen LogP contribution is 2.07. The van der Waals surface area contributed by atoms with Crippen LogP contribution < -0.4 is 5.73 Å². The average Bonchev–Trinajstić information content (AvgIpc) is 1.82. The summed E-state index contributed by atoms with van der Waals surface area (Å²) in [4.78, 5) is 10.9. The lowest BCUT2D eigenvalue weighted by molar-refractivity contribution is -0.157. The molecule has 1 atom stereocenters. The summed E-state index contributed by atoms with van der Waals surface area (Å²) in [7, 11) is 0. The first kappa shape index (κ1) is 10.4. The van der Waals surface area contributed by atoms with Gasteiger partial charge in [-0.3, -0.25) is 4.79 Å². The van der Waals surface area contributed by atoms with Gasteiger partial charge >= 0.3 is 5.97 Å². The molecule has 0 aliphatic heterocycles. The number of ether oxygens (including phenoxy) is 1. The van der Waals surface area contributed by atoms with E-state index >= 15 is 0 Å². The molecule has 0 rings (SSSR count). The smallest absolute Gasteiger partial charge is 0.325 e. The van der Waals surface area contributed by atoms with Gasteiger partial charge in [-0.2, -0.15) is 0 Å². The zero-order valence-corrected chi connectivity index (χ0v) is 7.13. The molecule has 0 fully saturated rings. The summed E-state index contributed by atoms with van der Waals surface area (Å²) in [5, 5.41) is 8.48. The minimum Gasteiger partial charge on any atom is -0.459 e. The van der Waals surface area contributed by atoms with Crippen molar-refractivity contribution < 1.29 is 14.6 Å². The Kier molecular flexibility index (Phi) is 3.48. The van der Waals surface area contributed by atoms with Gasteiger partial charge in [-0.1, -0.05) is 0 Å². The molecule has 4 heteroatoms. The van der Waals surface area contributed by atoms with Crippen LogP contribution in [0.15, 0.2) is 0 Å². The van der Waals surface area contributed by atoms with Crippen LogP contribution in [-0.2, 0) is 9.53 Å². The summed E-state index contributed by atoms with van der Waals surface area (Å²) < 4.78 is 4.87. The lowest BCUT2D eigenvalue weighted by Crippen LogP contribution is -2.39. The number of rotatable bonds is 2. The summed E-state index contributed by atoms with van der Waals surface area (Å²) in [6.07, 6.45) is 0. The number of hydrogen-bond acceptors (Lipinski definition) is 4. The molecule has 66 valence electrons. The number of esters is 1. The van der Waals surface area contributed by atoms with Gasteiger partial charge in [0.25, 0.3) is 0 Å². The van der Waals surface area contributed by atoms with Gasteiger partial charge in [0.1, 0.15) is 11.6 Å². The van der Waals surface area contributed by atoms with Crippen LogP contribution in [0.2, 0.25) is 0 Å². The molecule has 3 N–H and O–H groups in total. The highest BCUT2D eigenvalue weighted by Gasteiger charge is 2.20. The van der Waals surface area contributed by atoms with Crippen molar-refractivity contribution in [1.29, 1.82) is 0 Å². The quantitative estimate of drug-likeness (QED) is 0.543. The molecular formula is C7H15NO3. The van der Waals surface area contributed by atoms with Crippen molar-refractivity contribution in [2.45, 2.75) is 32.4 Å². The maximum Gasteiger partial charge on any atom is 0.325 e. The summed E-state index contributed by atoms with van der Waals surface area (Å²) in [5.41, 5.74) is 4.66. The summed E-state index contributed by atoms with van der Waals surface area (Å²) in [6.45, 7) is 4.86. The first-order valence-corrected chi connectivity index (χ1v) is 3.46. The third-order valence-electron chi connectivity index (χ3n) is 0.906. The Bertz CT molecular complexity index is 139. The van der Waals surface area contributed by atoms with Crippen molar-refractivity contribution >= 4 is 5.97 Å². The SMILES string of the molecule is CC(C)(C)OC(=O)[C@@H](N)CO. The molecule has 0 bridgehead atoms. The fraction of sp³-hybridized carbons (Fsp3) is 0.857. The standard InChI is InChI=1S/C7H15NO3/c1-7(2,3)11-6(10)5(8)4-9/h5,9H,4,8H2,1-3H3/t5-/m0/s1. The Morgan fingerprint density at radius 3 is 2.36 bits per heavy atom. The molecule has 0 heterocycles. The van der Waals surface area contributed by atoms with E-state index in [4.69, 9.17) is 15.6 Å². The maximum atomic E-state index is 10.9. The average molecular weight is 161 g/mol. The van der Waals surface area contributed by atoms with Gasteiger partial charge in [-0.25, -0.2) is 0 Å². The third kappa shape index (κ3) is 4.75. The molecule has 0 saturated heterocycles. The molecule has 0 amide bonds. The van der Waals surface area contributed by atoms with Gasteiger partial charge in [0.05, 0.1) is 6.61 Å². The molecule has 0 unspecified atom stereocenters. The molecule has 4 nitrogen and oxygen atoms in total. The van der Waals surface area contributed by atoms with E-state index in [1.165, 1.54) is 0 Å². The van der Waals surface area contributed by atoms with Crippen LogP contribution >= 0.6 is 0 Å².